The van der Waals surface area contributed by atoms with E-state index >= 15 is 0 Å². The Kier molecular flexibility index (Phi) is 3.84. The monoisotopic (exact) mass is 246 g/mol. The summed E-state index contributed by atoms with van der Waals surface area (Å²) in [6, 6.07) is 7.42. The zero-order chi connectivity index (χ0) is 13.0. The van der Waals surface area contributed by atoms with Crippen molar-refractivity contribution in [2.24, 2.45) is 5.11 Å². The van der Waals surface area contributed by atoms with Crippen molar-refractivity contribution < 1.29 is 10.2 Å². The maximum Gasteiger partial charge on any atom is 0.107 e. The third-order valence-electron chi connectivity index (χ3n) is 2.89. The third-order valence-corrected chi connectivity index (χ3v) is 2.89. The second-order valence-corrected chi connectivity index (χ2v) is 4.04. The molecule has 0 fully saturated rings. The van der Waals surface area contributed by atoms with Crippen molar-refractivity contribution in [3.63, 3.8) is 0 Å². The van der Waals surface area contributed by atoms with Gasteiger partial charge in [0.1, 0.15) is 6.10 Å². The van der Waals surface area contributed by atoms with Crippen LogP contribution >= 0.6 is 0 Å². The third kappa shape index (κ3) is 2.46. The molecule has 6 heteroatoms. The summed E-state index contributed by atoms with van der Waals surface area (Å²) in [4.78, 5) is 5.65. The van der Waals surface area contributed by atoms with Crippen molar-refractivity contribution >= 4 is 10.9 Å². The number of hydrogen-bond acceptors (Lipinski definition) is 3. The minimum Gasteiger partial charge on any atom is -0.390 e. The first kappa shape index (κ1) is 12.4. The van der Waals surface area contributed by atoms with Gasteiger partial charge in [-0.25, -0.2) is 0 Å². The molecule has 3 N–H and O–H groups in total. The summed E-state index contributed by atoms with van der Waals surface area (Å²) in [5.74, 6) is 0. The van der Waals surface area contributed by atoms with Crippen LogP contribution in [0.3, 0.4) is 0 Å². The molecule has 6 nitrogen and oxygen atoms in total. The molecule has 94 valence electrons. The molecule has 0 radical (unpaired) electrons. The molecule has 18 heavy (non-hydrogen) atoms. The van der Waals surface area contributed by atoms with E-state index in [9.17, 15) is 10.2 Å². The fraction of sp³-hybridized carbons (Fsp3) is 0.333. The predicted octanol–water partition coefficient (Wildman–Crippen LogP) is 2.26. The second kappa shape index (κ2) is 5.55. The molecule has 0 aliphatic rings. The largest absolute Gasteiger partial charge is 0.390 e. The average Bonchev–Trinajstić information content (AvgIpc) is 2.86. The molecule has 1 heterocycles. The zero-order valence-corrected chi connectivity index (χ0v) is 9.69. The molecule has 0 spiro atoms. The highest BCUT2D eigenvalue weighted by Gasteiger charge is 2.20. The van der Waals surface area contributed by atoms with Crippen LogP contribution in [0.5, 0.6) is 0 Å². The Hall–Kier alpha value is -2.01. The van der Waals surface area contributed by atoms with Gasteiger partial charge >= 0.3 is 0 Å². The lowest BCUT2D eigenvalue weighted by Crippen LogP contribution is -2.19. The molecular weight excluding hydrogens is 232 g/mol. The molecule has 0 saturated heterocycles. The van der Waals surface area contributed by atoms with Crippen molar-refractivity contribution in [1.29, 1.82) is 0 Å². The highest BCUT2D eigenvalue weighted by atomic mass is 16.3. The van der Waals surface area contributed by atoms with E-state index in [0.717, 1.165) is 10.9 Å². The van der Waals surface area contributed by atoms with Crippen molar-refractivity contribution in [3.05, 3.63) is 46.5 Å². The van der Waals surface area contributed by atoms with Crippen LogP contribution < -0.4 is 0 Å². The van der Waals surface area contributed by atoms with Crippen LogP contribution in [0, 0.1) is 0 Å². The minimum atomic E-state index is -0.999. The van der Waals surface area contributed by atoms with Crippen LogP contribution in [0.15, 0.2) is 35.6 Å². The van der Waals surface area contributed by atoms with Gasteiger partial charge in [-0.2, -0.15) is 0 Å². The number of aliphatic hydroxyl groups is 2. The summed E-state index contributed by atoms with van der Waals surface area (Å²) in [5, 5.41) is 24.3. The van der Waals surface area contributed by atoms with Crippen LogP contribution in [0.4, 0.5) is 0 Å². The minimum absolute atomic E-state index is 0.162. The molecule has 2 atom stereocenters. The van der Waals surface area contributed by atoms with Crippen molar-refractivity contribution in [2.45, 2.75) is 18.6 Å². The number of aromatic nitrogens is 1. The van der Waals surface area contributed by atoms with Crippen LogP contribution in [-0.2, 0) is 0 Å². The number of azide groups is 1. The van der Waals surface area contributed by atoms with E-state index in [1.54, 1.807) is 12.3 Å². The number of aromatic amines is 1. The van der Waals surface area contributed by atoms with E-state index in [4.69, 9.17) is 5.53 Å². The van der Waals surface area contributed by atoms with Crippen LogP contribution in [0.2, 0.25) is 0 Å². The molecule has 0 bridgehead atoms. The first-order chi connectivity index (χ1) is 8.74. The summed E-state index contributed by atoms with van der Waals surface area (Å²) in [6.07, 6.45) is 0.0564. The number of nitrogens with zero attached hydrogens (tertiary/aromatic N) is 3. The zero-order valence-electron chi connectivity index (χ0n) is 9.69. The van der Waals surface area contributed by atoms with Gasteiger partial charge in [0.05, 0.1) is 11.6 Å². The molecule has 2 unspecified atom stereocenters. The van der Waals surface area contributed by atoms with Crippen LogP contribution in [0.1, 0.15) is 18.1 Å². The van der Waals surface area contributed by atoms with Gasteiger partial charge in [0.2, 0.25) is 0 Å². The van der Waals surface area contributed by atoms with E-state index in [-0.39, 0.29) is 13.0 Å². The van der Waals surface area contributed by atoms with Gasteiger partial charge in [-0.1, -0.05) is 23.3 Å². The molecule has 0 saturated carbocycles. The van der Waals surface area contributed by atoms with Gasteiger partial charge < -0.3 is 15.2 Å². The van der Waals surface area contributed by atoms with Gasteiger partial charge in [0.15, 0.2) is 0 Å². The van der Waals surface area contributed by atoms with E-state index < -0.39 is 12.2 Å². The highest BCUT2D eigenvalue weighted by Crippen LogP contribution is 2.26. The number of rotatable bonds is 5. The second-order valence-electron chi connectivity index (χ2n) is 4.04. The normalized spacial score (nSPS) is 14.1. The van der Waals surface area contributed by atoms with Crippen LogP contribution in [0.25, 0.3) is 21.3 Å². The quantitative estimate of drug-likeness (QED) is 0.427. The standard InChI is InChI=1S/C12H14N4O2/c13-16-15-7-5-10(17)12(18)9-3-1-2-8-4-6-14-11(8)9/h1-4,6,10,12,14,17-18H,5,7H2. The van der Waals surface area contributed by atoms with Gasteiger partial charge in [-0.05, 0) is 23.4 Å². The first-order valence-electron chi connectivity index (χ1n) is 5.67. The summed E-state index contributed by atoms with van der Waals surface area (Å²) < 4.78 is 0. The predicted molar refractivity (Wildman–Crippen MR) is 67.9 cm³/mol. The van der Waals surface area contributed by atoms with Gasteiger partial charge in [0.25, 0.3) is 0 Å². The highest BCUT2D eigenvalue weighted by molar-refractivity contribution is 5.82. The Bertz CT molecular complexity index is 574. The number of para-hydroxylation sites is 1. The van der Waals surface area contributed by atoms with Gasteiger partial charge in [0, 0.05) is 23.2 Å². The summed E-state index contributed by atoms with van der Waals surface area (Å²) in [7, 11) is 0. The topological polar surface area (TPSA) is 105 Å². The molecule has 0 aliphatic heterocycles. The Balaban J connectivity index is 2.19. The first-order valence-corrected chi connectivity index (χ1v) is 5.67. The molecular formula is C12H14N4O2. The van der Waals surface area contributed by atoms with Gasteiger partial charge in [-0.3, -0.25) is 0 Å². The lowest BCUT2D eigenvalue weighted by molar-refractivity contribution is 0.0158. The molecule has 2 rings (SSSR count). The van der Waals surface area contributed by atoms with E-state index in [0.29, 0.717) is 5.56 Å². The fourth-order valence-corrected chi connectivity index (χ4v) is 1.96. The SMILES string of the molecule is [N-]=[N+]=NCCC(O)C(O)c1cccc2cc[nH]c12. The van der Waals surface area contributed by atoms with Crippen molar-refractivity contribution in [2.75, 3.05) is 6.54 Å². The molecule has 1 aromatic carbocycles. The Morgan fingerprint density at radius 1 is 1.33 bits per heavy atom. The Morgan fingerprint density at radius 2 is 2.17 bits per heavy atom. The van der Waals surface area contributed by atoms with Crippen molar-refractivity contribution in [3.8, 4) is 0 Å². The number of nitrogens with one attached hydrogen (secondary N) is 1. The van der Waals surface area contributed by atoms with Crippen LogP contribution in [-0.4, -0.2) is 27.8 Å². The number of aliphatic hydroxyl groups excluding tert-OH is 2. The molecule has 2 aromatic rings. The lowest BCUT2D eigenvalue weighted by Gasteiger charge is -2.18. The molecule has 0 amide bonds. The number of benzene rings is 1. The van der Waals surface area contributed by atoms with E-state index in [1.165, 1.54) is 0 Å². The number of fused-ring (bicyclic) bond motifs is 1. The smallest absolute Gasteiger partial charge is 0.107 e. The summed E-state index contributed by atoms with van der Waals surface area (Å²) in [6.45, 7) is 0.162. The molecule has 0 aliphatic carbocycles. The van der Waals surface area contributed by atoms with Gasteiger partial charge in [-0.15, -0.1) is 0 Å². The lowest BCUT2D eigenvalue weighted by atomic mass is 10.00. The summed E-state index contributed by atoms with van der Waals surface area (Å²) in [5.41, 5.74) is 9.61. The van der Waals surface area contributed by atoms with E-state index in [1.807, 2.05) is 18.2 Å². The molecule has 1 aromatic heterocycles. The fourth-order valence-electron chi connectivity index (χ4n) is 1.96. The van der Waals surface area contributed by atoms with E-state index in [2.05, 4.69) is 15.0 Å². The Morgan fingerprint density at radius 3 is 2.94 bits per heavy atom. The average molecular weight is 246 g/mol. The number of H-pyrrole nitrogens is 1. The van der Waals surface area contributed by atoms with Crippen molar-refractivity contribution in [1.82, 2.24) is 4.98 Å². The Labute approximate surface area is 104 Å². The summed E-state index contributed by atoms with van der Waals surface area (Å²) >= 11 is 0. The number of hydrogen-bond donors (Lipinski definition) is 3. The maximum absolute atomic E-state index is 10.1. The maximum atomic E-state index is 10.1.